The molecule has 12 nitrogen and oxygen atoms in total. The highest BCUT2D eigenvalue weighted by molar-refractivity contribution is 7.17. The van der Waals surface area contributed by atoms with E-state index >= 15 is 0 Å². The number of halogens is 2. The number of aromatic nitrogens is 6. The number of carbonyl (C=O) groups is 3. The third kappa shape index (κ3) is 7.63. The molecule has 0 bridgehead atoms. The van der Waals surface area contributed by atoms with Crippen LogP contribution in [-0.2, 0) is 14.3 Å². The number of benzene rings is 2. The van der Waals surface area contributed by atoms with E-state index in [9.17, 15) is 14.4 Å². The van der Waals surface area contributed by atoms with Crippen molar-refractivity contribution >= 4 is 74.8 Å². The molecule has 0 N–H and O–H groups in total. The Kier molecular flexibility index (Phi) is 11.3. The number of aryl methyl sites for hydroxylation is 3. The van der Waals surface area contributed by atoms with E-state index < -0.39 is 18.1 Å². The predicted molar refractivity (Wildman–Crippen MR) is 231 cm³/mol. The first kappa shape index (κ1) is 40.6. The minimum Gasteiger partial charge on any atom is -0.469 e. The van der Waals surface area contributed by atoms with E-state index in [-0.39, 0.29) is 30.8 Å². The van der Waals surface area contributed by atoms with E-state index in [1.807, 2.05) is 66.3 Å². The van der Waals surface area contributed by atoms with Gasteiger partial charge in [-0.1, -0.05) is 47.5 Å². The fraction of sp³-hybridized carbons (Fsp3) is 0.326. The Hall–Kier alpha value is -5.15. The van der Waals surface area contributed by atoms with Crippen molar-refractivity contribution < 1.29 is 19.1 Å². The summed E-state index contributed by atoms with van der Waals surface area (Å²) in [5.41, 5.74) is 6.81. The highest BCUT2D eigenvalue weighted by Crippen LogP contribution is 2.42. The quantitative estimate of drug-likeness (QED) is 0.0672. The summed E-state index contributed by atoms with van der Waals surface area (Å²) in [4.78, 5) is 52.4. The highest BCUT2D eigenvalue weighted by Gasteiger charge is 2.35. The van der Waals surface area contributed by atoms with Crippen LogP contribution in [0.1, 0.15) is 122 Å². The van der Waals surface area contributed by atoms with Gasteiger partial charge in [-0.25, -0.2) is 0 Å². The van der Waals surface area contributed by atoms with Crippen LogP contribution in [0.3, 0.4) is 0 Å². The molecule has 0 saturated carbocycles. The standard InChI is InChI=1S/C43H40Cl2N8O4S2/c1-21-23(3)58-42-35(21)37(26-11-15-28(44)16-12-26)46-31(40-50-48-24(4)52(40)42)19-30(54)9-7-8-10-33(55)39-22(2)36-38(27-13-17-29(45)18-14-27)47-32(20-34(56)57-6)41-51-49-25(5)53(41)43(36)59-39/h11-18,31-32H,7-10,19-20H2,1-6H3. The number of carbonyl (C=O) groups excluding carboxylic acids is 3. The van der Waals surface area contributed by atoms with Gasteiger partial charge in [0.05, 0.1) is 29.8 Å². The molecular weight excluding hydrogens is 828 g/mol. The number of aliphatic imine (C=N–C) groups is 2. The number of rotatable bonds is 12. The molecule has 0 amide bonds. The molecule has 0 radical (unpaired) electrons. The molecule has 0 spiro atoms. The normalized spacial score (nSPS) is 15.6. The number of nitrogens with zero attached hydrogens (tertiary/aromatic N) is 8. The van der Waals surface area contributed by atoms with Gasteiger partial charge in [0.15, 0.2) is 17.4 Å². The minimum absolute atomic E-state index is 0.0248. The first-order chi connectivity index (χ1) is 28.3. The summed E-state index contributed by atoms with van der Waals surface area (Å²) in [5, 5.41) is 20.7. The molecule has 0 saturated heterocycles. The fourth-order valence-electron chi connectivity index (χ4n) is 7.70. The smallest absolute Gasteiger partial charge is 0.308 e. The lowest BCUT2D eigenvalue weighted by molar-refractivity contribution is -0.141. The summed E-state index contributed by atoms with van der Waals surface area (Å²) < 4.78 is 8.94. The Morgan fingerprint density at radius 1 is 0.661 bits per heavy atom. The first-order valence-electron chi connectivity index (χ1n) is 19.2. The second-order valence-electron chi connectivity index (χ2n) is 14.7. The average Bonchev–Trinajstić information content (AvgIpc) is 3.92. The molecule has 2 aliphatic rings. The average molecular weight is 868 g/mol. The second-order valence-corrected chi connectivity index (χ2v) is 17.8. The molecule has 0 aliphatic carbocycles. The van der Waals surface area contributed by atoms with E-state index in [0.717, 1.165) is 54.9 Å². The zero-order chi connectivity index (χ0) is 41.7. The van der Waals surface area contributed by atoms with Gasteiger partial charge in [-0.05, 0) is 82.9 Å². The van der Waals surface area contributed by atoms with Crippen LogP contribution in [0.5, 0.6) is 0 Å². The minimum atomic E-state index is -0.667. The monoisotopic (exact) mass is 866 g/mol. The zero-order valence-corrected chi connectivity index (χ0v) is 36.4. The number of methoxy groups -OCH3 is 1. The lowest BCUT2D eigenvalue weighted by Crippen LogP contribution is -2.12. The predicted octanol–water partition coefficient (Wildman–Crippen LogP) is 9.57. The van der Waals surface area contributed by atoms with Crippen molar-refractivity contribution in [3.8, 4) is 10.0 Å². The molecule has 2 aliphatic heterocycles. The number of thiophene rings is 2. The van der Waals surface area contributed by atoms with Gasteiger partial charge in [0.1, 0.15) is 39.5 Å². The van der Waals surface area contributed by atoms with Gasteiger partial charge in [0.25, 0.3) is 0 Å². The summed E-state index contributed by atoms with van der Waals surface area (Å²) in [6.45, 7) is 9.87. The van der Waals surface area contributed by atoms with Gasteiger partial charge >= 0.3 is 5.97 Å². The number of hydrogen-bond donors (Lipinski definition) is 0. The van der Waals surface area contributed by atoms with Crippen molar-refractivity contribution in [1.82, 2.24) is 29.5 Å². The van der Waals surface area contributed by atoms with Gasteiger partial charge in [-0.2, -0.15) is 0 Å². The van der Waals surface area contributed by atoms with Crippen molar-refractivity contribution in [2.45, 2.75) is 85.2 Å². The Balaban J connectivity index is 1.02. The number of esters is 1. The molecular formula is C43H40Cl2N8O4S2. The molecule has 302 valence electrons. The summed E-state index contributed by atoms with van der Waals surface area (Å²) in [5.74, 6) is 2.04. The van der Waals surface area contributed by atoms with Crippen molar-refractivity contribution in [1.29, 1.82) is 0 Å². The van der Waals surface area contributed by atoms with Crippen LogP contribution in [0.25, 0.3) is 10.0 Å². The molecule has 0 fully saturated rings. The van der Waals surface area contributed by atoms with Crippen LogP contribution in [0.4, 0.5) is 0 Å². The largest absolute Gasteiger partial charge is 0.469 e. The van der Waals surface area contributed by atoms with Crippen LogP contribution in [0.2, 0.25) is 10.0 Å². The number of ketones is 2. The maximum absolute atomic E-state index is 14.0. The molecule has 16 heteroatoms. The maximum atomic E-state index is 14.0. The third-order valence-electron chi connectivity index (χ3n) is 10.8. The molecule has 6 aromatic rings. The number of unbranched alkanes of at least 4 members (excludes halogenated alkanes) is 1. The van der Waals surface area contributed by atoms with Gasteiger partial charge in [-0.15, -0.1) is 43.1 Å². The van der Waals surface area contributed by atoms with E-state index in [1.165, 1.54) is 23.3 Å². The highest BCUT2D eigenvalue weighted by atomic mass is 35.5. The van der Waals surface area contributed by atoms with Gasteiger partial charge in [0, 0.05) is 56.4 Å². The Labute approximate surface area is 359 Å². The van der Waals surface area contributed by atoms with Crippen molar-refractivity contribution in [2.75, 3.05) is 7.11 Å². The molecule has 59 heavy (non-hydrogen) atoms. The number of hydrogen-bond acceptors (Lipinski definition) is 12. The van der Waals surface area contributed by atoms with Crippen molar-refractivity contribution in [3.05, 3.63) is 125 Å². The zero-order valence-electron chi connectivity index (χ0n) is 33.3. The van der Waals surface area contributed by atoms with Crippen LogP contribution in [-0.4, -0.2) is 65.6 Å². The molecule has 8 rings (SSSR count). The van der Waals surface area contributed by atoms with Crippen LogP contribution in [0.15, 0.2) is 58.5 Å². The third-order valence-corrected chi connectivity index (χ3v) is 13.9. The van der Waals surface area contributed by atoms with Gasteiger partial charge in [-0.3, -0.25) is 33.5 Å². The summed E-state index contributed by atoms with van der Waals surface area (Å²) in [6.07, 6.45) is 1.73. The summed E-state index contributed by atoms with van der Waals surface area (Å²) >= 11 is 15.6. The maximum Gasteiger partial charge on any atom is 0.308 e. The van der Waals surface area contributed by atoms with Gasteiger partial charge < -0.3 is 4.74 Å². The van der Waals surface area contributed by atoms with Crippen molar-refractivity contribution in [2.24, 2.45) is 9.98 Å². The first-order valence-corrected chi connectivity index (χ1v) is 21.6. The topological polar surface area (TPSA) is 147 Å². The molecule has 2 unspecified atom stereocenters. The van der Waals surface area contributed by atoms with Crippen LogP contribution in [0, 0.1) is 34.6 Å². The Morgan fingerprint density at radius 2 is 1.15 bits per heavy atom. The SMILES string of the molecule is COC(=O)CC1N=C(c2ccc(Cl)cc2)c2c(sc(C(=O)CCCCC(=O)CC3N=C(c4ccc(Cl)cc4)c4c(sc(C)c4C)-n4c(C)nnc43)c2C)-n2c(C)nnc21. The van der Waals surface area contributed by atoms with E-state index in [1.54, 1.807) is 23.5 Å². The molecule has 6 heterocycles. The number of fused-ring (bicyclic) bond motifs is 6. The molecule has 4 aromatic heterocycles. The Morgan fingerprint density at radius 3 is 1.69 bits per heavy atom. The number of Topliss-reactive ketones (excluding diaryl/α,β-unsaturated/α-hetero) is 2. The summed E-state index contributed by atoms with van der Waals surface area (Å²) in [6, 6.07) is 13.7. The summed E-state index contributed by atoms with van der Waals surface area (Å²) in [7, 11) is 1.34. The Bertz CT molecular complexity index is 2710. The number of ether oxygens (including phenoxy) is 1. The van der Waals surface area contributed by atoms with E-state index in [2.05, 4.69) is 34.2 Å². The lowest BCUT2D eigenvalue weighted by Gasteiger charge is -2.12. The molecule has 2 aromatic carbocycles. The van der Waals surface area contributed by atoms with E-state index in [0.29, 0.717) is 57.4 Å². The second kappa shape index (κ2) is 16.5. The lowest BCUT2D eigenvalue weighted by atomic mass is 9.97. The van der Waals surface area contributed by atoms with Crippen molar-refractivity contribution in [3.63, 3.8) is 0 Å². The van der Waals surface area contributed by atoms with Gasteiger partial charge in [0.2, 0.25) is 0 Å². The van der Waals surface area contributed by atoms with Crippen LogP contribution < -0.4 is 0 Å². The van der Waals surface area contributed by atoms with E-state index in [4.69, 9.17) is 37.9 Å². The molecule has 2 atom stereocenters. The fourth-order valence-corrected chi connectivity index (χ4v) is 10.5. The van der Waals surface area contributed by atoms with Crippen LogP contribution >= 0.6 is 45.9 Å².